The summed E-state index contributed by atoms with van der Waals surface area (Å²) < 4.78 is 6.25. The predicted octanol–water partition coefficient (Wildman–Crippen LogP) is 2.27. The van der Waals surface area contributed by atoms with Crippen molar-refractivity contribution < 1.29 is 19.1 Å². The molecule has 3 rings (SSSR count). The molecule has 3 amide bonds. The number of likely N-dealkylation sites (N-methyl/N-ethyl adjacent to an activating group) is 1. The van der Waals surface area contributed by atoms with Crippen molar-refractivity contribution >= 4 is 17.7 Å². The summed E-state index contributed by atoms with van der Waals surface area (Å²) in [7, 11) is 3.89. The van der Waals surface area contributed by atoms with E-state index in [4.69, 9.17) is 4.74 Å². The Bertz CT molecular complexity index is 900. The molecule has 188 valence electrons. The highest BCUT2D eigenvalue weighted by atomic mass is 16.5. The molecular weight excluding hydrogens is 432 g/mol. The van der Waals surface area contributed by atoms with Crippen molar-refractivity contribution in [3.05, 3.63) is 35.4 Å². The minimum absolute atomic E-state index is 0.0843. The quantitative estimate of drug-likeness (QED) is 0.687. The summed E-state index contributed by atoms with van der Waals surface area (Å²) in [4.78, 5) is 45.2. The van der Waals surface area contributed by atoms with E-state index in [1.54, 1.807) is 11.0 Å². The Morgan fingerprint density at radius 3 is 2.44 bits per heavy atom. The van der Waals surface area contributed by atoms with E-state index in [1.807, 2.05) is 49.0 Å². The monoisotopic (exact) mass is 472 g/mol. The van der Waals surface area contributed by atoms with E-state index >= 15 is 0 Å². The number of nitrogens with one attached hydrogen (secondary N) is 1. The van der Waals surface area contributed by atoms with Crippen LogP contribution >= 0.6 is 0 Å². The van der Waals surface area contributed by atoms with Crippen LogP contribution in [0.25, 0.3) is 0 Å². The molecule has 0 aliphatic carbocycles. The summed E-state index contributed by atoms with van der Waals surface area (Å²) in [6.45, 7) is 10.5. The summed E-state index contributed by atoms with van der Waals surface area (Å²) >= 11 is 0. The topological polar surface area (TPSA) is 82.2 Å². The molecule has 1 atom stereocenters. The molecule has 2 aliphatic rings. The zero-order valence-corrected chi connectivity index (χ0v) is 21.5. The number of hydrogen-bond donors (Lipinski definition) is 1. The van der Waals surface area contributed by atoms with Crippen LogP contribution in [0.15, 0.2) is 24.3 Å². The van der Waals surface area contributed by atoms with Gasteiger partial charge < -0.3 is 19.9 Å². The molecule has 1 spiro atoms. The predicted molar refractivity (Wildman–Crippen MR) is 131 cm³/mol. The highest BCUT2D eigenvalue weighted by molar-refractivity contribution is 5.98. The lowest BCUT2D eigenvalue weighted by Gasteiger charge is -2.45. The smallest absolute Gasteiger partial charge is 0.256 e. The molecule has 8 heteroatoms. The lowest BCUT2D eigenvalue weighted by molar-refractivity contribution is -0.145. The van der Waals surface area contributed by atoms with E-state index in [-0.39, 0.29) is 29.7 Å². The second-order valence-electron chi connectivity index (χ2n) is 11.0. The Morgan fingerprint density at radius 2 is 1.85 bits per heavy atom. The maximum Gasteiger partial charge on any atom is 0.256 e. The van der Waals surface area contributed by atoms with E-state index < -0.39 is 11.8 Å². The third-order valence-corrected chi connectivity index (χ3v) is 6.48. The zero-order valence-electron chi connectivity index (χ0n) is 21.5. The fourth-order valence-corrected chi connectivity index (χ4v) is 4.68. The van der Waals surface area contributed by atoms with Crippen molar-refractivity contribution in [1.29, 1.82) is 0 Å². The molecule has 1 N–H and O–H groups in total. The number of carbonyl (C=O) groups excluding carboxylic acids is 3. The Hall–Kier alpha value is -2.45. The van der Waals surface area contributed by atoms with Gasteiger partial charge in [0.15, 0.2) is 0 Å². The van der Waals surface area contributed by atoms with E-state index in [2.05, 4.69) is 26.1 Å². The summed E-state index contributed by atoms with van der Waals surface area (Å²) in [6.07, 6.45) is 1.45. The third-order valence-electron chi connectivity index (χ3n) is 6.48. The number of carbonyl (C=O) groups is 3. The Kier molecular flexibility index (Phi) is 8.03. The van der Waals surface area contributed by atoms with Crippen LogP contribution in [0.4, 0.5) is 0 Å². The maximum absolute atomic E-state index is 13.7. The molecule has 34 heavy (non-hydrogen) atoms. The summed E-state index contributed by atoms with van der Waals surface area (Å²) in [6, 6.07) is 6.72. The second-order valence-corrected chi connectivity index (χ2v) is 11.0. The first-order valence-electron chi connectivity index (χ1n) is 12.2. The van der Waals surface area contributed by atoms with Gasteiger partial charge in [0, 0.05) is 51.0 Å². The van der Waals surface area contributed by atoms with Crippen LogP contribution in [0.3, 0.4) is 0 Å². The van der Waals surface area contributed by atoms with Crippen molar-refractivity contribution in [3.8, 4) is 0 Å². The van der Waals surface area contributed by atoms with Gasteiger partial charge in [0.25, 0.3) is 5.91 Å². The number of nitrogens with zero attached hydrogens (tertiary/aromatic N) is 3. The number of benzene rings is 1. The first kappa shape index (κ1) is 26.2. The van der Waals surface area contributed by atoms with Crippen molar-refractivity contribution in [2.24, 2.45) is 5.41 Å². The molecular formula is C26H40N4O4. The number of piperidine rings is 1. The van der Waals surface area contributed by atoms with E-state index in [0.29, 0.717) is 51.0 Å². The van der Waals surface area contributed by atoms with Crippen LogP contribution in [-0.2, 0) is 14.3 Å². The molecule has 0 bridgehead atoms. The fraction of sp³-hybridized carbons (Fsp3) is 0.654. The van der Waals surface area contributed by atoms with Gasteiger partial charge in [-0.05, 0) is 38.6 Å². The van der Waals surface area contributed by atoms with Crippen LogP contribution in [0.5, 0.6) is 0 Å². The van der Waals surface area contributed by atoms with Gasteiger partial charge in [0.1, 0.15) is 11.8 Å². The molecule has 2 saturated heterocycles. The van der Waals surface area contributed by atoms with Gasteiger partial charge in [-0.15, -0.1) is 0 Å². The molecule has 0 radical (unpaired) electrons. The Morgan fingerprint density at radius 1 is 1.18 bits per heavy atom. The van der Waals surface area contributed by atoms with Crippen molar-refractivity contribution in [2.75, 3.05) is 46.9 Å². The van der Waals surface area contributed by atoms with Crippen molar-refractivity contribution in [2.45, 2.75) is 58.7 Å². The normalized spacial score (nSPS) is 20.1. The first-order chi connectivity index (χ1) is 15.9. The van der Waals surface area contributed by atoms with Gasteiger partial charge in [-0.25, -0.2) is 0 Å². The van der Waals surface area contributed by atoms with Gasteiger partial charge in [0.2, 0.25) is 11.8 Å². The minimum atomic E-state index is -0.886. The largest absolute Gasteiger partial charge is 0.353 e. The number of hydrogen-bond acceptors (Lipinski definition) is 5. The summed E-state index contributed by atoms with van der Waals surface area (Å²) in [5, 5.41) is 2.96. The van der Waals surface area contributed by atoms with E-state index in [0.717, 1.165) is 5.56 Å². The SMILES string of the molecule is Cc1cccc(C(=O)N2C(C(=O)NCCN(C)C)COC23CCN(C(=O)CC(C)(C)C)CC3)c1. The average molecular weight is 473 g/mol. The van der Waals surface area contributed by atoms with Crippen molar-refractivity contribution in [1.82, 2.24) is 20.0 Å². The van der Waals surface area contributed by atoms with Crippen LogP contribution in [0, 0.1) is 12.3 Å². The third kappa shape index (κ3) is 6.16. The standard InChI is InChI=1S/C26H40N4O4/c1-19-8-7-9-20(16-19)24(33)30-21(23(32)27-12-15-28(5)6)18-34-26(30)10-13-29(14-11-26)22(31)17-25(2,3)4/h7-9,16,21H,10-15,17-18H2,1-6H3,(H,27,32). The lowest BCUT2D eigenvalue weighted by atomic mass is 9.90. The lowest BCUT2D eigenvalue weighted by Crippen LogP contribution is -2.60. The molecule has 1 aromatic carbocycles. The van der Waals surface area contributed by atoms with E-state index in [9.17, 15) is 14.4 Å². The molecule has 2 heterocycles. The average Bonchev–Trinajstić information content (AvgIpc) is 3.10. The molecule has 0 saturated carbocycles. The van der Waals surface area contributed by atoms with E-state index in [1.165, 1.54) is 0 Å². The van der Waals surface area contributed by atoms with Gasteiger partial charge in [-0.1, -0.05) is 38.5 Å². The van der Waals surface area contributed by atoms with Crippen LogP contribution in [-0.4, -0.2) is 91.1 Å². The molecule has 1 unspecified atom stereocenters. The molecule has 2 fully saturated rings. The number of rotatable bonds is 6. The van der Waals surface area contributed by atoms with Crippen LogP contribution in [0.1, 0.15) is 56.0 Å². The summed E-state index contributed by atoms with van der Waals surface area (Å²) in [5.41, 5.74) is 0.554. The number of likely N-dealkylation sites (tertiary alicyclic amines) is 1. The minimum Gasteiger partial charge on any atom is -0.353 e. The molecule has 2 aliphatic heterocycles. The van der Waals surface area contributed by atoms with Crippen LogP contribution < -0.4 is 5.32 Å². The molecule has 0 aromatic heterocycles. The van der Waals surface area contributed by atoms with Crippen molar-refractivity contribution in [3.63, 3.8) is 0 Å². The van der Waals surface area contributed by atoms with Crippen LogP contribution in [0.2, 0.25) is 0 Å². The number of ether oxygens (including phenoxy) is 1. The number of aryl methyl sites for hydroxylation is 1. The zero-order chi connectivity index (χ0) is 25.1. The van der Waals surface area contributed by atoms with Gasteiger partial charge in [-0.2, -0.15) is 0 Å². The maximum atomic E-state index is 13.7. The molecule has 8 nitrogen and oxygen atoms in total. The molecule has 1 aromatic rings. The first-order valence-corrected chi connectivity index (χ1v) is 12.2. The number of amides is 3. The highest BCUT2D eigenvalue weighted by Gasteiger charge is 2.54. The van der Waals surface area contributed by atoms with Gasteiger partial charge >= 0.3 is 0 Å². The fourth-order valence-electron chi connectivity index (χ4n) is 4.68. The second kappa shape index (κ2) is 10.4. The Balaban J connectivity index is 1.81. The summed E-state index contributed by atoms with van der Waals surface area (Å²) in [5.74, 6) is -0.288. The van der Waals surface area contributed by atoms with Gasteiger partial charge in [0.05, 0.1) is 6.61 Å². The Labute approximate surface area is 203 Å². The highest BCUT2D eigenvalue weighted by Crippen LogP contribution is 2.39. The van der Waals surface area contributed by atoms with Gasteiger partial charge in [-0.3, -0.25) is 19.3 Å².